The molecule has 1 aromatic carbocycles. The number of rotatable bonds is 4. The average molecular weight is 333 g/mol. The molecular formula is C14H11N3O3S2. The van der Waals surface area contributed by atoms with Crippen molar-refractivity contribution in [3.8, 4) is 0 Å². The Hall–Kier alpha value is -2.19. The first kappa shape index (κ1) is 14.7. The SMILES string of the molecule is Cc1ccc(C(=O)CSc2nc3[nH]c(=O)[nH]c(=O)c3s2)cc1. The summed E-state index contributed by atoms with van der Waals surface area (Å²) in [4.78, 5) is 43.7. The maximum Gasteiger partial charge on any atom is 0.327 e. The second-order valence-electron chi connectivity index (χ2n) is 4.64. The summed E-state index contributed by atoms with van der Waals surface area (Å²) in [6, 6.07) is 7.36. The molecule has 0 atom stereocenters. The van der Waals surface area contributed by atoms with Crippen LogP contribution in [-0.4, -0.2) is 26.5 Å². The molecule has 3 aromatic rings. The van der Waals surface area contributed by atoms with Crippen LogP contribution in [0, 0.1) is 6.92 Å². The molecule has 0 spiro atoms. The molecular weight excluding hydrogens is 322 g/mol. The van der Waals surface area contributed by atoms with Crippen molar-refractivity contribution in [1.29, 1.82) is 0 Å². The fourth-order valence-electron chi connectivity index (χ4n) is 1.85. The predicted molar refractivity (Wildman–Crippen MR) is 87.1 cm³/mol. The average Bonchev–Trinajstić information content (AvgIpc) is 2.89. The van der Waals surface area contributed by atoms with Gasteiger partial charge in [-0.05, 0) is 6.92 Å². The van der Waals surface area contributed by atoms with Crippen LogP contribution < -0.4 is 11.2 Å². The zero-order chi connectivity index (χ0) is 15.7. The number of nitrogens with zero attached hydrogens (tertiary/aromatic N) is 1. The first-order valence-electron chi connectivity index (χ1n) is 6.39. The summed E-state index contributed by atoms with van der Waals surface area (Å²) in [5.74, 6) is 0.219. The quantitative estimate of drug-likeness (QED) is 0.562. The van der Waals surface area contributed by atoms with E-state index in [2.05, 4.69) is 15.0 Å². The van der Waals surface area contributed by atoms with Crippen LogP contribution in [0.2, 0.25) is 0 Å². The van der Waals surface area contributed by atoms with Crippen molar-refractivity contribution < 1.29 is 4.79 Å². The molecule has 8 heteroatoms. The highest BCUT2D eigenvalue weighted by atomic mass is 32.2. The normalized spacial score (nSPS) is 11.0. The second-order valence-corrected chi connectivity index (χ2v) is 6.87. The summed E-state index contributed by atoms with van der Waals surface area (Å²) in [7, 11) is 0. The summed E-state index contributed by atoms with van der Waals surface area (Å²) in [6.45, 7) is 1.96. The zero-order valence-corrected chi connectivity index (χ0v) is 13.1. The molecule has 2 heterocycles. The van der Waals surface area contributed by atoms with E-state index in [0.29, 0.717) is 14.6 Å². The molecule has 3 rings (SSSR count). The number of carbonyl (C=O) groups is 1. The Bertz CT molecular complexity index is 954. The van der Waals surface area contributed by atoms with Gasteiger partial charge in [0.2, 0.25) is 0 Å². The van der Waals surface area contributed by atoms with Gasteiger partial charge in [0.05, 0.1) is 5.75 Å². The van der Waals surface area contributed by atoms with Crippen molar-refractivity contribution in [2.24, 2.45) is 0 Å². The van der Waals surface area contributed by atoms with E-state index in [9.17, 15) is 14.4 Å². The van der Waals surface area contributed by atoms with Crippen LogP contribution >= 0.6 is 23.1 Å². The molecule has 0 amide bonds. The van der Waals surface area contributed by atoms with E-state index in [1.807, 2.05) is 19.1 Å². The Morgan fingerprint density at radius 3 is 2.68 bits per heavy atom. The maximum absolute atomic E-state index is 12.1. The number of thiazole rings is 1. The van der Waals surface area contributed by atoms with E-state index >= 15 is 0 Å². The standard InChI is InChI=1S/C14H11N3O3S2/c1-7-2-4-8(5-3-7)9(18)6-21-14-16-11-10(22-14)12(19)17-13(20)15-11/h2-5H,6H2,1H3,(H2,15,17,19,20). The molecule has 0 aliphatic heterocycles. The fourth-order valence-corrected chi connectivity index (χ4v) is 3.74. The van der Waals surface area contributed by atoms with Gasteiger partial charge in [0, 0.05) is 5.56 Å². The monoisotopic (exact) mass is 333 g/mol. The third kappa shape index (κ3) is 3.02. The lowest BCUT2D eigenvalue weighted by atomic mass is 10.1. The van der Waals surface area contributed by atoms with Crippen LogP contribution in [0.4, 0.5) is 0 Å². The third-order valence-corrected chi connectivity index (χ3v) is 5.17. The summed E-state index contributed by atoms with van der Waals surface area (Å²) >= 11 is 2.41. The van der Waals surface area contributed by atoms with Crippen molar-refractivity contribution in [3.05, 3.63) is 56.2 Å². The lowest BCUT2D eigenvalue weighted by Gasteiger charge is -1.99. The van der Waals surface area contributed by atoms with Gasteiger partial charge in [0.25, 0.3) is 5.56 Å². The first-order chi connectivity index (χ1) is 10.5. The number of benzene rings is 1. The first-order valence-corrected chi connectivity index (χ1v) is 8.19. The van der Waals surface area contributed by atoms with Gasteiger partial charge in [-0.1, -0.05) is 41.6 Å². The molecule has 0 aliphatic rings. The number of aromatic nitrogens is 3. The number of hydrogen-bond donors (Lipinski definition) is 2. The maximum atomic E-state index is 12.1. The second kappa shape index (κ2) is 5.90. The number of ketones is 1. The number of nitrogens with one attached hydrogen (secondary N) is 2. The molecule has 0 radical (unpaired) electrons. The molecule has 6 nitrogen and oxygen atoms in total. The highest BCUT2D eigenvalue weighted by molar-refractivity contribution is 8.01. The molecule has 0 saturated carbocycles. The number of hydrogen-bond acceptors (Lipinski definition) is 6. The number of aromatic amines is 2. The van der Waals surface area contributed by atoms with Gasteiger partial charge in [-0.3, -0.25) is 19.6 Å². The third-order valence-electron chi connectivity index (χ3n) is 2.97. The minimum Gasteiger partial charge on any atom is -0.293 e. The molecule has 0 bridgehead atoms. The Kier molecular flexibility index (Phi) is 3.95. The van der Waals surface area contributed by atoms with Crippen molar-refractivity contribution in [3.63, 3.8) is 0 Å². The lowest BCUT2D eigenvalue weighted by Crippen LogP contribution is -2.20. The summed E-state index contributed by atoms with van der Waals surface area (Å²) < 4.78 is 0.924. The number of aryl methyl sites for hydroxylation is 1. The summed E-state index contributed by atoms with van der Waals surface area (Å²) in [5, 5.41) is 0. The van der Waals surface area contributed by atoms with Gasteiger partial charge in [-0.15, -0.1) is 11.3 Å². The minimum absolute atomic E-state index is 0.00772. The van der Waals surface area contributed by atoms with Crippen molar-refractivity contribution >= 4 is 39.2 Å². The van der Waals surface area contributed by atoms with Crippen LogP contribution in [0.25, 0.3) is 10.3 Å². The molecule has 22 heavy (non-hydrogen) atoms. The zero-order valence-electron chi connectivity index (χ0n) is 11.5. The Balaban J connectivity index is 1.78. The van der Waals surface area contributed by atoms with Gasteiger partial charge in [0.1, 0.15) is 4.70 Å². The molecule has 0 unspecified atom stereocenters. The molecule has 0 saturated heterocycles. The van der Waals surface area contributed by atoms with Gasteiger partial charge < -0.3 is 0 Å². The van der Waals surface area contributed by atoms with Crippen LogP contribution in [0.3, 0.4) is 0 Å². The highest BCUT2D eigenvalue weighted by Gasteiger charge is 2.12. The lowest BCUT2D eigenvalue weighted by molar-refractivity contribution is 0.102. The van der Waals surface area contributed by atoms with Crippen LogP contribution in [0.15, 0.2) is 38.2 Å². The number of fused-ring (bicyclic) bond motifs is 1. The topological polar surface area (TPSA) is 95.7 Å². The largest absolute Gasteiger partial charge is 0.327 e. The number of H-pyrrole nitrogens is 2. The van der Waals surface area contributed by atoms with E-state index in [1.54, 1.807) is 12.1 Å². The Morgan fingerprint density at radius 1 is 1.23 bits per heavy atom. The van der Waals surface area contributed by atoms with Gasteiger partial charge in [-0.25, -0.2) is 9.78 Å². The van der Waals surface area contributed by atoms with E-state index in [-0.39, 0.29) is 17.2 Å². The Morgan fingerprint density at radius 2 is 1.95 bits per heavy atom. The van der Waals surface area contributed by atoms with Crippen molar-refractivity contribution in [2.45, 2.75) is 11.3 Å². The van der Waals surface area contributed by atoms with E-state index in [4.69, 9.17) is 0 Å². The molecule has 0 aliphatic carbocycles. The van der Waals surface area contributed by atoms with Crippen LogP contribution in [-0.2, 0) is 0 Å². The fraction of sp³-hybridized carbons (Fsp3) is 0.143. The predicted octanol–water partition coefficient (Wildman–Crippen LogP) is 1.96. The van der Waals surface area contributed by atoms with E-state index in [1.165, 1.54) is 11.8 Å². The van der Waals surface area contributed by atoms with E-state index < -0.39 is 11.2 Å². The van der Waals surface area contributed by atoms with Crippen molar-refractivity contribution in [2.75, 3.05) is 5.75 Å². The minimum atomic E-state index is -0.588. The van der Waals surface area contributed by atoms with E-state index in [0.717, 1.165) is 16.9 Å². The summed E-state index contributed by atoms with van der Waals surface area (Å²) in [5.41, 5.74) is 0.941. The number of Topliss-reactive ketones (excluding diaryl/α,β-unsaturated/α-hetero) is 1. The number of thioether (sulfide) groups is 1. The van der Waals surface area contributed by atoms with Gasteiger partial charge >= 0.3 is 5.69 Å². The van der Waals surface area contributed by atoms with Gasteiger partial charge in [-0.2, -0.15) is 0 Å². The molecule has 2 aromatic heterocycles. The molecule has 0 fully saturated rings. The Labute approximate surface area is 132 Å². The molecule has 2 N–H and O–H groups in total. The van der Waals surface area contributed by atoms with Crippen LogP contribution in [0.1, 0.15) is 15.9 Å². The van der Waals surface area contributed by atoms with Crippen molar-refractivity contribution in [1.82, 2.24) is 15.0 Å². The smallest absolute Gasteiger partial charge is 0.293 e. The highest BCUT2D eigenvalue weighted by Crippen LogP contribution is 2.26. The summed E-state index contributed by atoms with van der Waals surface area (Å²) in [6.07, 6.45) is 0. The van der Waals surface area contributed by atoms with Gasteiger partial charge in [0.15, 0.2) is 15.8 Å². The molecule has 112 valence electrons. The number of carbonyl (C=O) groups excluding carboxylic acids is 1. The van der Waals surface area contributed by atoms with Crippen LogP contribution in [0.5, 0.6) is 0 Å².